The molecule has 0 aromatic carbocycles. The van der Waals surface area contributed by atoms with Gasteiger partial charge in [-0.15, -0.1) is 5.10 Å². The van der Waals surface area contributed by atoms with E-state index in [1.165, 1.54) is 18.7 Å². The van der Waals surface area contributed by atoms with Crippen LogP contribution in [0.1, 0.15) is 12.6 Å². The molecule has 0 unspecified atom stereocenters. The second-order valence-electron chi connectivity index (χ2n) is 3.49. The van der Waals surface area contributed by atoms with Crippen LogP contribution in [-0.2, 0) is 22.4 Å². The van der Waals surface area contributed by atoms with Crippen molar-refractivity contribution in [3.63, 3.8) is 0 Å². The maximum absolute atomic E-state index is 10.8. The summed E-state index contributed by atoms with van der Waals surface area (Å²) >= 11 is 1.39. The van der Waals surface area contributed by atoms with Gasteiger partial charge < -0.3 is 10.4 Å². The number of aromatic nitrogens is 3. The van der Waals surface area contributed by atoms with Gasteiger partial charge >= 0.3 is 5.97 Å². The lowest BCUT2D eigenvalue weighted by atomic mass is 10.3. The third kappa shape index (κ3) is 4.85. The highest BCUT2D eigenvalue weighted by molar-refractivity contribution is 7.98. The summed E-state index contributed by atoms with van der Waals surface area (Å²) in [6.45, 7) is 1.29. The molecule has 1 amide bonds. The van der Waals surface area contributed by atoms with Crippen LogP contribution in [0.2, 0.25) is 0 Å². The fraction of sp³-hybridized carbons (Fsp3) is 0.556. The minimum atomic E-state index is -1.04. The van der Waals surface area contributed by atoms with Gasteiger partial charge in [0.25, 0.3) is 0 Å². The minimum Gasteiger partial charge on any atom is -0.480 e. The molecule has 17 heavy (non-hydrogen) atoms. The average molecular weight is 258 g/mol. The van der Waals surface area contributed by atoms with Crippen LogP contribution >= 0.6 is 11.8 Å². The lowest BCUT2D eigenvalue weighted by molar-refractivity contribution is -0.140. The van der Waals surface area contributed by atoms with Crippen molar-refractivity contribution in [2.24, 2.45) is 7.05 Å². The van der Waals surface area contributed by atoms with E-state index in [0.29, 0.717) is 11.5 Å². The molecule has 1 aromatic rings. The van der Waals surface area contributed by atoms with Crippen LogP contribution in [0.5, 0.6) is 0 Å². The van der Waals surface area contributed by atoms with Crippen molar-refractivity contribution >= 4 is 23.6 Å². The van der Waals surface area contributed by atoms with E-state index in [4.69, 9.17) is 5.11 Å². The zero-order valence-electron chi connectivity index (χ0n) is 9.58. The van der Waals surface area contributed by atoms with Gasteiger partial charge in [0.15, 0.2) is 0 Å². The number of carboxylic acid groups (broad SMARTS) is 1. The fourth-order valence-electron chi connectivity index (χ4n) is 1.16. The van der Waals surface area contributed by atoms with Crippen LogP contribution in [0.4, 0.5) is 0 Å². The van der Waals surface area contributed by atoms with Gasteiger partial charge in [-0.3, -0.25) is 9.48 Å². The second-order valence-corrected chi connectivity index (χ2v) is 4.52. The molecule has 1 rings (SSSR count). The summed E-state index contributed by atoms with van der Waals surface area (Å²) in [6.07, 6.45) is 1.77. The molecule has 0 saturated heterocycles. The molecule has 0 aliphatic carbocycles. The average Bonchev–Trinajstić information content (AvgIpc) is 2.62. The first-order chi connectivity index (χ1) is 7.99. The van der Waals surface area contributed by atoms with Crippen LogP contribution in [0.25, 0.3) is 0 Å². The Morgan fingerprint density at radius 3 is 2.82 bits per heavy atom. The van der Waals surface area contributed by atoms with Crippen LogP contribution in [0, 0.1) is 0 Å². The summed E-state index contributed by atoms with van der Waals surface area (Å²) < 4.78 is 1.58. The Morgan fingerprint density at radius 2 is 2.35 bits per heavy atom. The predicted octanol–water partition coefficient (Wildman–Crippen LogP) is -0.362. The molecule has 0 aliphatic rings. The zero-order chi connectivity index (χ0) is 12.8. The molecule has 0 bridgehead atoms. The molecule has 7 nitrogen and oxygen atoms in total. The Balaban J connectivity index is 2.37. The van der Waals surface area contributed by atoms with Crippen molar-refractivity contribution in [3.05, 3.63) is 11.9 Å². The molecule has 8 heteroatoms. The number of thioether (sulfide) groups is 1. The van der Waals surface area contributed by atoms with Gasteiger partial charge in [0.05, 0.1) is 5.69 Å². The van der Waals surface area contributed by atoms with E-state index in [0.717, 1.165) is 5.69 Å². The lowest BCUT2D eigenvalue weighted by Gasteiger charge is -2.11. The first-order valence-corrected chi connectivity index (χ1v) is 6.07. The number of nitrogens with zero attached hydrogens (tertiary/aromatic N) is 3. The molecule has 0 fully saturated rings. The van der Waals surface area contributed by atoms with E-state index in [1.54, 1.807) is 17.9 Å². The Bertz CT molecular complexity index is 407. The number of carbonyl (C=O) groups excluding carboxylic acids is 1. The van der Waals surface area contributed by atoms with Gasteiger partial charge in [0, 0.05) is 31.7 Å². The topological polar surface area (TPSA) is 97.1 Å². The first kappa shape index (κ1) is 13.5. The molecule has 0 spiro atoms. The number of rotatable bonds is 6. The quantitative estimate of drug-likeness (QED) is 0.723. The SMILES string of the molecule is CC(=O)N[C@@H](CSCc1cn(C)nn1)C(=O)O. The van der Waals surface area contributed by atoms with E-state index in [2.05, 4.69) is 15.6 Å². The van der Waals surface area contributed by atoms with Crippen LogP contribution in [-0.4, -0.2) is 43.8 Å². The molecular weight excluding hydrogens is 244 g/mol. The van der Waals surface area contributed by atoms with Gasteiger partial charge in [0.1, 0.15) is 6.04 Å². The summed E-state index contributed by atoms with van der Waals surface area (Å²) in [5.74, 6) is -0.521. The van der Waals surface area contributed by atoms with E-state index in [9.17, 15) is 9.59 Å². The molecule has 2 N–H and O–H groups in total. The Labute approximate surface area is 103 Å². The normalized spacial score (nSPS) is 12.1. The highest BCUT2D eigenvalue weighted by Crippen LogP contribution is 2.10. The maximum atomic E-state index is 10.8. The third-order valence-corrected chi connectivity index (χ3v) is 2.93. The zero-order valence-corrected chi connectivity index (χ0v) is 10.4. The van der Waals surface area contributed by atoms with E-state index < -0.39 is 12.0 Å². The van der Waals surface area contributed by atoms with E-state index in [-0.39, 0.29) is 5.91 Å². The molecule has 1 aromatic heterocycles. The van der Waals surface area contributed by atoms with Crippen LogP contribution in [0.3, 0.4) is 0 Å². The largest absolute Gasteiger partial charge is 0.480 e. The number of aryl methyl sites for hydroxylation is 1. The molecule has 0 radical (unpaired) electrons. The first-order valence-electron chi connectivity index (χ1n) is 4.92. The van der Waals surface area contributed by atoms with Gasteiger partial charge in [-0.2, -0.15) is 11.8 Å². The van der Waals surface area contributed by atoms with Crippen molar-refractivity contribution in [2.75, 3.05) is 5.75 Å². The van der Waals surface area contributed by atoms with Gasteiger partial charge in [-0.25, -0.2) is 4.79 Å². The predicted molar refractivity (Wildman–Crippen MR) is 62.4 cm³/mol. The highest BCUT2D eigenvalue weighted by Gasteiger charge is 2.18. The van der Waals surface area contributed by atoms with Crippen molar-refractivity contribution in [3.8, 4) is 0 Å². The minimum absolute atomic E-state index is 0.297. The summed E-state index contributed by atoms with van der Waals surface area (Å²) in [5, 5.41) is 18.9. The number of carbonyl (C=O) groups is 2. The van der Waals surface area contributed by atoms with Gasteiger partial charge in [-0.1, -0.05) is 5.21 Å². The van der Waals surface area contributed by atoms with E-state index >= 15 is 0 Å². The number of amides is 1. The second kappa shape index (κ2) is 6.24. The van der Waals surface area contributed by atoms with Crippen molar-refractivity contribution in [1.29, 1.82) is 0 Å². The van der Waals surface area contributed by atoms with Crippen LogP contribution in [0.15, 0.2) is 6.20 Å². The van der Waals surface area contributed by atoms with Crippen LogP contribution < -0.4 is 5.32 Å². The molecular formula is C9H14N4O3S. The van der Waals surface area contributed by atoms with Crippen molar-refractivity contribution in [1.82, 2.24) is 20.3 Å². The Morgan fingerprint density at radius 1 is 1.65 bits per heavy atom. The number of hydrogen-bond donors (Lipinski definition) is 2. The lowest BCUT2D eigenvalue weighted by Crippen LogP contribution is -2.41. The summed E-state index contributed by atoms with van der Waals surface area (Å²) in [6, 6.07) is -0.867. The molecule has 0 saturated carbocycles. The number of carboxylic acids is 1. The summed E-state index contributed by atoms with van der Waals surface area (Å²) in [4.78, 5) is 21.6. The van der Waals surface area contributed by atoms with Crippen molar-refractivity contribution < 1.29 is 14.7 Å². The molecule has 94 valence electrons. The van der Waals surface area contributed by atoms with Crippen molar-refractivity contribution in [2.45, 2.75) is 18.7 Å². The highest BCUT2D eigenvalue weighted by atomic mass is 32.2. The van der Waals surface area contributed by atoms with E-state index in [1.807, 2.05) is 0 Å². The molecule has 1 heterocycles. The molecule has 0 aliphatic heterocycles. The fourth-order valence-corrected chi connectivity index (χ4v) is 2.08. The summed E-state index contributed by atoms with van der Waals surface area (Å²) in [7, 11) is 1.76. The van der Waals surface area contributed by atoms with Gasteiger partial charge in [0.2, 0.25) is 5.91 Å². The number of nitrogens with one attached hydrogen (secondary N) is 1. The molecule has 1 atom stereocenters. The Hall–Kier alpha value is -1.57. The Kier molecular flexibility index (Phi) is 4.95. The van der Waals surface area contributed by atoms with Gasteiger partial charge in [-0.05, 0) is 0 Å². The maximum Gasteiger partial charge on any atom is 0.327 e. The summed E-state index contributed by atoms with van der Waals surface area (Å²) in [5.41, 5.74) is 0.782. The monoisotopic (exact) mass is 258 g/mol. The third-order valence-electron chi connectivity index (χ3n) is 1.86. The number of hydrogen-bond acceptors (Lipinski definition) is 5. The number of aliphatic carboxylic acids is 1. The smallest absolute Gasteiger partial charge is 0.327 e. The standard InChI is InChI=1S/C9H14N4O3S/c1-6(14)10-8(9(15)16)5-17-4-7-3-13(2)12-11-7/h3,8H,4-5H2,1-2H3,(H,10,14)(H,15,16)/t8-/m0/s1.